The molecule has 0 bridgehead atoms. The second-order valence-electron chi connectivity index (χ2n) is 8.72. The molecule has 1 fully saturated rings. The topological polar surface area (TPSA) is 56.4 Å². The van der Waals surface area contributed by atoms with Gasteiger partial charge in [0.2, 0.25) is 11.8 Å². The number of H-pyrrole nitrogens is 1. The van der Waals surface area contributed by atoms with Gasteiger partial charge in [0.25, 0.3) is 0 Å². The van der Waals surface area contributed by atoms with E-state index in [0.29, 0.717) is 13.0 Å². The molecule has 2 aromatic carbocycles. The number of carbonyl (C=O) groups is 2. The molecule has 1 N–H and O–H groups in total. The minimum Gasteiger partial charge on any atom is -0.356 e. The highest BCUT2D eigenvalue weighted by molar-refractivity contribution is 5.97. The van der Waals surface area contributed by atoms with Crippen molar-refractivity contribution in [3.63, 3.8) is 0 Å². The predicted octanol–water partition coefficient (Wildman–Crippen LogP) is 4.43. The number of rotatable bonds is 6. The number of para-hydroxylation sites is 1. The molecular formula is C26H29N3O2. The highest BCUT2D eigenvalue weighted by atomic mass is 16.2. The number of piperazine rings is 1. The van der Waals surface area contributed by atoms with Gasteiger partial charge in [0.05, 0.1) is 12.6 Å². The van der Waals surface area contributed by atoms with Crippen LogP contribution in [-0.2, 0) is 16.0 Å². The largest absolute Gasteiger partial charge is 0.356 e. The summed E-state index contributed by atoms with van der Waals surface area (Å²) < 4.78 is 0. The van der Waals surface area contributed by atoms with Gasteiger partial charge in [-0.1, -0.05) is 74.7 Å². The summed E-state index contributed by atoms with van der Waals surface area (Å²) in [5.74, 6) is 0.131. The maximum absolute atomic E-state index is 13.5. The summed E-state index contributed by atoms with van der Waals surface area (Å²) in [7, 11) is 0. The number of benzene rings is 2. The number of nitrogens with zero attached hydrogens (tertiary/aromatic N) is 2. The lowest BCUT2D eigenvalue weighted by atomic mass is 9.86. The van der Waals surface area contributed by atoms with Gasteiger partial charge >= 0.3 is 0 Å². The van der Waals surface area contributed by atoms with E-state index in [9.17, 15) is 9.59 Å². The maximum Gasteiger partial charge on any atom is 0.246 e. The number of aromatic amines is 1. The Kier molecular flexibility index (Phi) is 5.26. The SMILES string of the molecule is CCCCCCN1CC(=O)N2[C@@H](c3ccccc3)c3[nH]c4ccccc4c3C[C@H]2C1=O. The molecule has 160 valence electrons. The number of aromatic nitrogens is 1. The van der Waals surface area contributed by atoms with Crippen molar-refractivity contribution in [1.29, 1.82) is 0 Å². The number of hydrogen-bond acceptors (Lipinski definition) is 2. The van der Waals surface area contributed by atoms with Crippen molar-refractivity contribution in [2.24, 2.45) is 0 Å². The Morgan fingerprint density at radius 2 is 1.74 bits per heavy atom. The van der Waals surface area contributed by atoms with Gasteiger partial charge in [-0.15, -0.1) is 0 Å². The van der Waals surface area contributed by atoms with Crippen molar-refractivity contribution < 1.29 is 9.59 Å². The van der Waals surface area contributed by atoms with E-state index in [0.717, 1.165) is 41.4 Å². The molecule has 2 amide bonds. The first-order valence-electron chi connectivity index (χ1n) is 11.4. The lowest BCUT2D eigenvalue weighted by molar-refractivity contribution is -0.158. The quantitative estimate of drug-likeness (QED) is 0.606. The Balaban J connectivity index is 1.55. The molecule has 0 radical (unpaired) electrons. The third-order valence-corrected chi connectivity index (χ3v) is 6.74. The van der Waals surface area contributed by atoms with E-state index in [4.69, 9.17) is 0 Å². The second-order valence-corrected chi connectivity index (χ2v) is 8.72. The molecule has 3 heterocycles. The van der Waals surface area contributed by atoms with Crippen LogP contribution in [0.2, 0.25) is 0 Å². The minimum atomic E-state index is -0.440. The van der Waals surface area contributed by atoms with E-state index in [1.165, 1.54) is 12.0 Å². The molecule has 5 rings (SSSR count). The number of unbranched alkanes of at least 4 members (excludes halogenated alkanes) is 3. The Morgan fingerprint density at radius 1 is 0.968 bits per heavy atom. The zero-order valence-electron chi connectivity index (χ0n) is 18.0. The Labute approximate surface area is 183 Å². The first-order valence-corrected chi connectivity index (χ1v) is 11.4. The normalized spacial score (nSPS) is 20.8. The number of fused-ring (bicyclic) bond motifs is 4. The summed E-state index contributed by atoms with van der Waals surface area (Å²) in [4.78, 5) is 34.1. The van der Waals surface area contributed by atoms with Gasteiger partial charge in [0, 0.05) is 29.6 Å². The van der Waals surface area contributed by atoms with Crippen LogP contribution in [0.5, 0.6) is 0 Å². The Morgan fingerprint density at radius 3 is 2.55 bits per heavy atom. The van der Waals surface area contributed by atoms with E-state index in [-0.39, 0.29) is 24.4 Å². The van der Waals surface area contributed by atoms with Gasteiger partial charge in [0.15, 0.2) is 0 Å². The first-order chi connectivity index (χ1) is 15.2. The van der Waals surface area contributed by atoms with E-state index in [1.807, 2.05) is 35.2 Å². The van der Waals surface area contributed by atoms with E-state index in [2.05, 4.69) is 36.2 Å². The number of hydrogen-bond donors (Lipinski definition) is 1. The summed E-state index contributed by atoms with van der Waals surface area (Å²) in [5, 5.41) is 1.15. The summed E-state index contributed by atoms with van der Waals surface area (Å²) in [6.07, 6.45) is 4.95. The molecule has 5 nitrogen and oxygen atoms in total. The van der Waals surface area contributed by atoms with Crippen LogP contribution in [0.1, 0.15) is 55.5 Å². The molecule has 31 heavy (non-hydrogen) atoms. The minimum absolute atomic E-state index is 0.0400. The average Bonchev–Trinajstić information content (AvgIpc) is 3.17. The van der Waals surface area contributed by atoms with Crippen LogP contribution in [0.3, 0.4) is 0 Å². The fraction of sp³-hybridized carbons (Fsp3) is 0.385. The fourth-order valence-electron chi connectivity index (χ4n) is 5.22. The zero-order valence-corrected chi connectivity index (χ0v) is 18.0. The van der Waals surface area contributed by atoms with E-state index in [1.54, 1.807) is 4.90 Å². The van der Waals surface area contributed by atoms with Crippen molar-refractivity contribution >= 4 is 22.7 Å². The van der Waals surface area contributed by atoms with Gasteiger partial charge in [-0.25, -0.2) is 0 Å². The number of amides is 2. The Bertz CT molecular complexity index is 1100. The van der Waals surface area contributed by atoms with Crippen molar-refractivity contribution in [3.05, 3.63) is 71.4 Å². The highest BCUT2D eigenvalue weighted by Crippen LogP contribution is 2.42. The van der Waals surface area contributed by atoms with E-state index < -0.39 is 6.04 Å². The molecule has 1 aromatic heterocycles. The van der Waals surface area contributed by atoms with Crippen molar-refractivity contribution in [3.8, 4) is 0 Å². The molecule has 0 aliphatic carbocycles. The molecule has 2 aliphatic heterocycles. The maximum atomic E-state index is 13.5. The van der Waals surface area contributed by atoms with Crippen LogP contribution in [0.25, 0.3) is 10.9 Å². The smallest absolute Gasteiger partial charge is 0.246 e. The summed E-state index contributed by atoms with van der Waals surface area (Å²) in [6, 6.07) is 17.6. The molecule has 3 aromatic rings. The molecule has 5 heteroatoms. The summed E-state index contributed by atoms with van der Waals surface area (Å²) in [6.45, 7) is 3.03. The van der Waals surface area contributed by atoms with E-state index >= 15 is 0 Å². The van der Waals surface area contributed by atoms with Gasteiger partial charge in [0.1, 0.15) is 6.04 Å². The van der Waals surface area contributed by atoms with Crippen LogP contribution in [0.4, 0.5) is 0 Å². The zero-order chi connectivity index (χ0) is 21.4. The Hall–Kier alpha value is -3.08. The van der Waals surface area contributed by atoms with Crippen molar-refractivity contribution in [2.45, 2.75) is 51.1 Å². The van der Waals surface area contributed by atoms with Gasteiger partial charge < -0.3 is 14.8 Å². The molecule has 0 unspecified atom stereocenters. The van der Waals surface area contributed by atoms with Crippen LogP contribution < -0.4 is 0 Å². The standard InChI is InChI=1S/C26H29N3O2/c1-2-3-4-10-15-28-17-23(30)29-22(26(28)31)16-20-19-13-8-9-14-21(19)27-24(20)25(29)18-11-6-5-7-12-18/h5-9,11-14,22,25,27H,2-4,10,15-17H2,1H3/t22-,25-/m0/s1. The monoisotopic (exact) mass is 415 g/mol. The van der Waals surface area contributed by atoms with Gasteiger partial charge in [-0.2, -0.15) is 0 Å². The van der Waals surface area contributed by atoms with Crippen molar-refractivity contribution in [2.75, 3.05) is 13.1 Å². The molecule has 2 atom stereocenters. The van der Waals surface area contributed by atoms with Crippen LogP contribution >= 0.6 is 0 Å². The van der Waals surface area contributed by atoms with Crippen LogP contribution in [0, 0.1) is 0 Å². The second kappa shape index (κ2) is 8.22. The van der Waals surface area contributed by atoms with Gasteiger partial charge in [-0.3, -0.25) is 9.59 Å². The van der Waals surface area contributed by atoms with Gasteiger partial charge in [-0.05, 0) is 23.6 Å². The van der Waals surface area contributed by atoms with Crippen LogP contribution in [0.15, 0.2) is 54.6 Å². The molecule has 2 aliphatic rings. The molecule has 1 saturated heterocycles. The lowest BCUT2D eigenvalue weighted by Gasteiger charge is -2.47. The van der Waals surface area contributed by atoms with Crippen molar-refractivity contribution in [1.82, 2.24) is 14.8 Å². The fourth-order valence-corrected chi connectivity index (χ4v) is 5.22. The third kappa shape index (κ3) is 3.42. The highest BCUT2D eigenvalue weighted by Gasteiger charge is 2.47. The third-order valence-electron chi connectivity index (χ3n) is 6.74. The molecule has 0 spiro atoms. The number of nitrogens with one attached hydrogen (secondary N) is 1. The summed E-state index contributed by atoms with van der Waals surface area (Å²) in [5.41, 5.74) is 4.31. The number of carbonyl (C=O) groups excluding carboxylic acids is 2. The lowest BCUT2D eigenvalue weighted by Crippen LogP contribution is -2.63. The predicted molar refractivity (Wildman–Crippen MR) is 122 cm³/mol. The average molecular weight is 416 g/mol. The molecule has 0 saturated carbocycles. The summed E-state index contributed by atoms with van der Waals surface area (Å²) >= 11 is 0. The van der Waals surface area contributed by atoms with Crippen LogP contribution in [-0.4, -0.2) is 45.7 Å². The molecular weight excluding hydrogens is 386 g/mol. The first kappa shape index (κ1) is 19.9.